The van der Waals surface area contributed by atoms with Gasteiger partial charge in [-0.3, -0.25) is 4.79 Å². The summed E-state index contributed by atoms with van der Waals surface area (Å²) < 4.78 is 16.2. The molecule has 0 spiro atoms. The van der Waals surface area contributed by atoms with E-state index in [4.69, 9.17) is 14.2 Å². The van der Waals surface area contributed by atoms with Crippen molar-refractivity contribution >= 4 is 17.2 Å². The van der Waals surface area contributed by atoms with Crippen LogP contribution in [-0.2, 0) is 0 Å². The van der Waals surface area contributed by atoms with Crippen LogP contribution in [0.4, 0.5) is 0 Å². The Morgan fingerprint density at radius 2 is 1.63 bits per heavy atom. The second kappa shape index (κ2) is 8.14. The molecular formula is C19H25N3O4S. The molecule has 8 heteroatoms. The molecule has 1 saturated heterocycles. The molecule has 0 unspecified atom stereocenters. The van der Waals surface area contributed by atoms with Crippen molar-refractivity contribution in [3.05, 3.63) is 22.7 Å². The number of rotatable bonds is 5. The van der Waals surface area contributed by atoms with Crippen LogP contribution >= 0.6 is 11.3 Å². The number of piperazine rings is 1. The number of aromatic nitrogens is 1. The predicted molar refractivity (Wildman–Crippen MR) is 105 cm³/mol. The van der Waals surface area contributed by atoms with Crippen LogP contribution in [0.5, 0.6) is 17.2 Å². The lowest BCUT2D eigenvalue weighted by Crippen LogP contribution is -2.47. The van der Waals surface area contributed by atoms with Gasteiger partial charge >= 0.3 is 0 Å². The SMILES string of the molecule is COc1cc(-c2nc(C)c(C(=O)N3CCN(C)CC3)s2)cc(OC)c1OC. The summed E-state index contributed by atoms with van der Waals surface area (Å²) in [6.07, 6.45) is 0. The molecule has 3 rings (SSSR count). The first-order valence-electron chi connectivity index (χ1n) is 8.74. The van der Waals surface area contributed by atoms with Gasteiger partial charge in [0.25, 0.3) is 5.91 Å². The molecule has 0 bridgehead atoms. The Labute approximate surface area is 163 Å². The zero-order chi connectivity index (χ0) is 19.6. The van der Waals surface area contributed by atoms with Gasteiger partial charge in [-0.2, -0.15) is 0 Å². The van der Waals surface area contributed by atoms with Crippen LogP contribution in [0.25, 0.3) is 10.6 Å². The number of hydrogen-bond acceptors (Lipinski definition) is 7. The van der Waals surface area contributed by atoms with Crippen molar-refractivity contribution in [2.45, 2.75) is 6.92 Å². The first kappa shape index (κ1) is 19.4. The molecule has 1 aromatic carbocycles. The van der Waals surface area contributed by atoms with Crippen LogP contribution in [0.2, 0.25) is 0 Å². The second-order valence-corrected chi connectivity index (χ2v) is 7.44. The average molecular weight is 391 g/mol. The van der Waals surface area contributed by atoms with Crippen LogP contribution in [-0.4, -0.2) is 75.2 Å². The Bertz CT molecular complexity index is 803. The zero-order valence-corrected chi connectivity index (χ0v) is 17.2. The minimum Gasteiger partial charge on any atom is -0.493 e. The van der Waals surface area contributed by atoms with E-state index in [0.29, 0.717) is 22.1 Å². The van der Waals surface area contributed by atoms with E-state index >= 15 is 0 Å². The van der Waals surface area contributed by atoms with Crippen LogP contribution in [0.1, 0.15) is 15.4 Å². The monoisotopic (exact) mass is 391 g/mol. The number of thiazole rings is 1. The summed E-state index contributed by atoms with van der Waals surface area (Å²) in [6, 6.07) is 3.70. The van der Waals surface area contributed by atoms with Gasteiger partial charge in [-0.15, -0.1) is 11.3 Å². The molecule has 0 saturated carbocycles. The van der Waals surface area contributed by atoms with Gasteiger partial charge in [0.15, 0.2) is 11.5 Å². The number of ether oxygens (including phenoxy) is 3. The summed E-state index contributed by atoms with van der Waals surface area (Å²) in [5, 5.41) is 0.754. The summed E-state index contributed by atoms with van der Waals surface area (Å²) in [4.78, 5) is 22.4. The van der Waals surface area contributed by atoms with E-state index < -0.39 is 0 Å². The minimum absolute atomic E-state index is 0.0526. The van der Waals surface area contributed by atoms with Crippen LogP contribution < -0.4 is 14.2 Å². The number of nitrogens with zero attached hydrogens (tertiary/aromatic N) is 3. The number of likely N-dealkylation sites (N-methyl/N-ethyl adjacent to an activating group) is 1. The highest BCUT2D eigenvalue weighted by Gasteiger charge is 2.25. The Balaban J connectivity index is 1.93. The molecule has 0 radical (unpaired) electrons. The Kier molecular flexibility index (Phi) is 5.86. The molecule has 1 aromatic heterocycles. The molecule has 7 nitrogen and oxygen atoms in total. The maximum atomic E-state index is 12.9. The van der Waals surface area contributed by atoms with Crippen LogP contribution in [0.3, 0.4) is 0 Å². The fourth-order valence-corrected chi connectivity index (χ4v) is 4.10. The highest BCUT2D eigenvalue weighted by molar-refractivity contribution is 7.17. The highest BCUT2D eigenvalue weighted by atomic mass is 32.1. The molecule has 2 aromatic rings. The molecule has 1 aliphatic heterocycles. The van der Waals surface area contributed by atoms with E-state index in [1.807, 2.05) is 24.0 Å². The maximum Gasteiger partial charge on any atom is 0.265 e. The van der Waals surface area contributed by atoms with Gasteiger partial charge in [-0.1, -0.05) is 0 Å². The van der Waals surface area contributed by atoms with Crippen LogP contribution in [0, 0.1) is 6.92 Å². The third-order valence-electron chi connectivity index (χ3n) is 4.69. The molecule has 0 aliphatic carbocycles. The largest absolute Gasteiger partial charge is 0.493 e. The fourth-order valence-electron chi connectivity index (χ4n) is 3.08. The van der Waals surface area contributed by atoms with Gasteiger partial charge in [-0.05, 0) is 26.1 Å². The van der Waals surface area contributed by atoms with Crippen molar-refractivity contribution in [3.63, 3.8) is 0 Å². The van der Waals surface area contributed by atoms with Crippen molar-refractivity contribution in [1.82, 2.24) is 14.8 Å². The van der Waals surface area contributed by atoms with Gasteiger partial charge < -0.3 is 24.0 Å². The number of methoxy groups -OCH3 is 3. The lowest BCUT2D eigenvalue weighted by Gasteiger charge is -2.32. The van der Waals surface area contributed by atoms with E-state index in [1.165, 1.54) is 11.3 Å². The summed E-state index contributed by atoms with van der Waals surface area (Å²) in [5.41, 5.74) is 1.57. The summed E-state index contributed by atoms with van der Waals surface area (Å²) in [5.74, 6) is 1.71. The van der Waals surface area contributed by atoms with Crippen molar-refractivity contribution in [3.8, 4) is 27.8 Å². The van der Waals surface area contributed by atoms with Crippen LogP contribution in [0.15, 0.2) is 12.1 Å². The third kappa shape index (κ3) is 3.86. The maximum absolute atomic E-state index is 12.9. The molecule has 2 heterocycles. The molecule has 1 fully saturated rings. The first-order valence-corrected chi connectivity index (χ1v) is 9.55. The second-order valence-electron chi connectivity index (χ2n) is 6.44. The molecule has 146 valence electrons. The van der Waals surface area contributed by atoms with Crippen molar-refractivity contribution in [2.75, 3.05) is 54.6 Å². The van der Waals surface area contributed by atoms with E-state index in [1.54, 1.807) is 21.3 Å². The van der Waals surface area contributed by atoms with Crippen molar-refractivity contribution in [1.29, 1.82) is 0 Å². The number of aryl methyl sites for hydroxylation is 1. The van der Waals surface area contributed by atoms with E-state index in [0.717, 1.165) is 42.4 Å². The lowest BCUT2D eigenvalue weighted by molar-refractivity contribution is 0.0668. The number of carbonyl (C=O) groups excluding carboxylic acids is 1. The standard InChI is InChI=1S/C19H25N3O4S/c1-12-17(19(23)22-8-6-21(2)7-9-22)27-18(20-12)13-10-14(24-3)16(26-5)15(11-13)25-4/h10-11H,6-9H2,1-5H3. The van der Waals surface area contributed by atoms with Gasteiger partial charge in [0.2, 0.25) is 5.75 Å². The molecular weight excluding hydrogens is 366 g/mol. The molecule has 27 heavy (non-hydrogen) atoms. The number of amides is 1. The summed E-state index contributed by atoms with van der Waals surface area (Å²) in [6.45, 7) is 5.15. The number of benzene rings is 1. The molecule has 1 aliphatic rings. The molecule has 0 atom stereocenters. The lowest BCUT2D eigenvalue weighted by atomic mass is 10.2. The zero-order valence-electron chi connectivity index (χ0n) is 16.4. The number of hydrogen-bond donors (Lipinski definition) is 0. The predicted octanol–water partition coefficient (Wildman–Crippen LogP) is 2.53. The van der Waals surface area contributed by atoms with Gasteiger partial charge in [-0.25, -0.2) is 4.98 Å². The van der Waals surface area contributed by atoms with E-state index in [-0.39, 0.29) is 5.91 Å². The van der Waals surface area contributed by atoms with Gasteiger partial charge in [0, 0.05) is 31.7 Å². The first-order chi connectivity index (χ1) is 13.0. The Morgan fingerprint density at radius 1 is 1.04 bits per heavy atom. The topological polar surface area (TPSA) is 64.1 Å². The van der Waals surface area contributed by atoms with Crippen molar-refractivity contribution in [2.24, 2.45) is 0 Å². The third-order valence-corrected chi connectivity index (χ3v) is 5.89. The Morgan fingerprint density at radius 3 is 2.15 bits per heavy atom. The summed E-state index contributed by atoms with van der Waals surface area (Å²) in [7, 11) is 6.80. The quantitative estimate of drug-likeness (QED) is 0.781. The molecule has 0 N–H and O–H groups in total. The normalized spacial score (nSPS) is 14.9. The highest BCUT2D eigenvalue weighted by Crippen LogP contribution is 2.42. The van der Waals surface area contributed by atoms with Gasteiger partial charge in [0.05, 0.1) is 27.0 Å². The molecule has 1 amide bonds. The Hall–Kier alpha value is -2.32. The van der Waals surface area contributed by atoms with Gasteiger partial charge in [0.1, 0.15) is 9.88 Å². The van der Waals surface area contributed by atoms with E-state index in [2.05, 4.69) is 16.9 Å². The van der Waals surface area contributed by atoms with Crippen molar-refractivity contribution < 1.29 is 19.0 Å². The minimum atomic E-state index is 0.0526. The summed E-state index contributed by atoms with van der Waals surface area (Å²) >= 11 is 1.40. The smallest absolute Gasteiger partial charge is 0.265 e. The average Bonchev–Trinajstić information content (AvgIpc) is 3.08. The fraction of sp³-hybridized carbons (Fsp3) is 0.474. The number of carbonyl (C=O) groups is 1. The van der Waals surface area contributed by atoms with E-state index in [9.17, 15) is 4.79 Å².